The lowest BCUT2D eigenvalue weighted by Gasteiger charge is -2.20. The molecule has 3 atom stereocenters. The highest BCUT2D eigenvalue weighted by atomic mass is 31.2. The highest BCUT2D eigenvalue weighted by Gasteiger charge is 2.27. The van der Waals surface area contributed by atoms with Crippen molar-refractivity contribution < 1.29 is 42.7 Å². The topological polar surface area (TPSA) is 155 Å². The van der Waals surface area contributed by atoms with E-state index >= 15 is 0 Å². The zero-order valence-corrected chi connectivity index (χ0v) is 41.1. The fourth-order valence-electron chi connectivity index (χ4n) is 7.42. The molecule has 10 nitrogen and oxygen atoms in total. The van der Waals surface area contributed by atoms with E-state index in [0.29, 0.717) is 13.0 Å². The normalized spacial score (nSPS) is 13.9. The van der Waals surface area contributed by atoms with Crippen molar-refractivity contribution in [1.29, 1.82) is 0 Å². The van der Waals surface area contributed by atoms with Crippen molar-refractivity contribution in [3.8, 4) is 0 Å². The first kappa shape index (κ1) is 60.5. The first-order valence-corrected chi connectivity index (χ1v) is 27.4. The maximum absolute atomic E-state index is 12.7. The van der Waals surface area contributed by atoms with Crippen LogP contribution in [0.5, 0.6) is 0 Å². The molecule has 0 saturated carbocycles. The van der Waals surface area contributed by atoms with Gasteiger partial charge in [0.15, 0.2) is 0 Å². The first-order valence-electron chi connectivity index (χ1n) is 25.9. The Morgan fingerprint density at radius 2 is 0.839 bits per heavy atom. The van der Waals surface area contributed by atoms with Crippen LogP contribution in [0.2, 0.25) is 0 Å². The molecule has 0 aromatic carbocycles. The molecule has 0 aromatic rings. The number of ether oxygens (including phenoxy) is 2. The number of carboxylic acids is 1. The number of phosphoric acid groups is 1. The van der Waals surface area contributed by atoms with Gasteiger partial charge in [0, 0.05) is 13.0 Å². The largest absolute Gasteiger partial charge is 0.480 e. The second kappa shape index (κ2) is 47.4. The Labute approximate surface area is 381 Å². The molecule has 0 aliphatic carbocycles. The van der Waals surface area contributed by atoms with Gasteiger partial charge in [-0.15, -0.1) is 0 Å². The van der Waals surface area contributed by atoms with Crippen molar-refractivity contribution in [2.75, 3.05) is 26.4 Å². The van der Waals surface area contributed by atoms with Gasteiger partial charge >= 0.3 is 19.8 Å². The number of carbonyl (C=O) groups excluding carboxylic acids is 1. The fraction of sp³-hybridized carbons (Fsp3) is 0.882. The van der Waals surface area contributed by atoms with Gasteiger partial charge in [0.2, 0.25) is 0 Å². The van der Waals surface area contributed by atoms with Crippen LogP contribution in [-0.4, -0.2) is 60.5 Å². The van der Waals surface area contributed by atoms with E-state index in [4.69, 9.17) is 29.4 Å². The molecular weight excluding hydrogens is 802 g/mol. The smallest absolute Gasteiger partial charge is 0.472 e. The molecule has 0 bridgehead atoms. The summed E-state index contributed by atoms with van der Waals surface area (Å²) in [7, 11) is -4.62. The molecular formula is C51H98NO9P. The van der Waals surface area contributed by atoms with Crippen LogP contribution in [0.4, 0.5) is 0 Å². The lowest BCUT2D eigenvalue weighted by atomic mass is 10.1. The zero-order chi connectivity index (χ0) is 45.5. The third-order valence-electron chi connectivity index (χ3n) is 11.5. The molecule has 0 fully saturated rings. The minimum absolute atomic E-state index is 0.0176. The molecule has 366 valence electrons. The number of unbranched alkanes of at least 4 members (excludes halogenated alkanes) is 32. The molecule has 0 aliphatic heterocycles. The van der Waals surface area contributed by atoms with Crippen LogP contribution in [-0.2, 0) is 32.7 Å². The average molecular weight is 900 g/mol. The predicted octanol–water partition coefficient (Wildman–Crippen LogP) is 15.0. The number of esters is 1. The van der Waals surface area contributed by atoms with Crippen molar-refractivity contribution >= 4 is 19.8 Å². The summed E-state index contributed by atoms with van der Waals surface area (Å²) < 4.78 is 33.5. The van der Waals surface area contributed by atoms with E-state index in [1.165, 1.54) is 180 Å². The Bertz CT molecular complexity index is 1090. The molecule has 3 unspecified atom stereocenters. The molecule has 0 aromatic heterocycles. The SMILES string of the molecule is CCCCCCCCC/C=C\CCCCCCCCCC(=O)OC(COCCCCCCCCCCCC/C=C\CCCCCCCCCC)COP(=O)(O)OCC(N)C(=O)O. The standard InChI is InChI=1S/C51H98NO9P/c1-3-5-7-9-11-13-15-17-19-21-23-24-25-26-28-30-32-34-36-38-40-42-44-58-45-48(46-59-62(56,57)60-47-49(52)51(54)55)61-50(53)43-41-39-37-35-33-31-29-27-22-20-18-16-14-12-10-8-6-4-2/h20-23,48-49H,3-19,24-47,52H2,1-2H3,(H,54,55)(H,56,57)/b22-20-,23-21-. The van der Waals surface area contributed by atoms with E-state index in [0.717, 1.165) is 44.9 Å². The Morgan fingerprint density at radius 3 is 1.23 bits per heavy atom. The number of carboxylic acid groups (broad SMARTS) is 1. The van der Waals surface area contributed by atoms with E-state index in [1.54, 1.807) is 0 Å². The second-order valence-electron chi connectivity index (χ2n) is 17.6. The number of hydrogen-bond donors (Lipinski definition) is 3. The summed E-state index contributed by atoms with van der Waals surface area (Å²) in [6.07, 6.45) is 53.8. The van der Waals surface area contributed by atoms with E-state index < -0.39 is 45.1 Å². The molecule has 0 saturated heterocycles. The Balaban J connectivity index is 4.11. The molecule has 62 heavy (non-hydrogen) atoms. The minimum atomic E-state index is -4.62. The molecule has 0 spiro atoms. The molecule has 4 N–H and O–H groups in total. The number of carbonyl (C=O) groups is 2. The lowest BCUT2D eigenvalue weighted by molar-refractivity contribution is -0.154. The van der Waals surface area contributed by atoms with Crippen molar-refractivity contribution in [1.82, 2.24) is 0 Å². The van der Waals surface area contributed by atoms with Gasteiger partial charge in [0.05, 0.1) is 19.8 Å². The van der Waals surface area contributed by atoms with Crippen LogP contribution in [0, 0.1) is 0 Å². The highest BCUT2D eigenvalue weighted by Crippen LogP contribution is 2.43. The first-order chi connectivity index (χ1) is 30.2. The van der Waals surface area contributed by atoms with Gasteiger partial charge < -0.3 is 25.2 Å². The van der Waals surface area contributed by atoms with Crippen LogP contribution in [0.25, 0.3) is 0 Å². The summed E-state index contributed by atoms with van der Waals surface area (Å²) in [5.41, 5.74) is 5.37. The summed E-state index contributed by atoms with van der Waals surface area (Å²) in [5, 5.41) is 8.93. The van der Waals surface area contributed by atoms with Gasteiger partial charge in [0.1, 0.15) is 12.1 Å². The molecule has 0 aliphatic rings. The quantitative estimate of drug-likeness (QED) is 0.0233. The van der Waals surface area contributed by atoms with Crippen molar-refractivity contribution in [3.05, 3.63) is 24.3 Å². The van der Waals surface area contributed by atoms with Crippen LogP contribution < -0.4 is 5.73 Å². The zero-order valence-electron chi connectivity index (χ0n) is 40.2. The maximum Gasteiger partial charge on any atom is 0.472 e. The number of aliphatic carboxylic acids is 1. The van der Waals surface area contributed by atoms with Gasteiger partial charge in [-0.1, -0.05) is 205 Å². The Hall–Kier alpha value is -1.55. The maximum atomic E-state index is 12.7. The molecule has 0 radical (unpaired) electrons. The molecule has 11 heteroatoms. The Morgan fingerprint density at radius 1 is 0.500 bits per heavy atom. The predicted molar refractivity (Wildman–Crippen MR) is 258 cm³/mol. The van der Waals surface area contributed by atoms with E-state index in [9.17, 15) is 19.0 Å². The summed E-state index contributed by atoms with van der Waals surface area (Å²) in [6.45, 7) is 3.92. The number of allylic oxidation sites excluding steroid dienone is 4. The minimum Gasteiger partial charge on any atom is -0.480 e. The number of rotatable bonds is 50. The van der Waals surface area contributed by atoms with E-state index in [2.05, 4.69) is 38.2 Å². The third-order valence-corrected chi connectivity index (χ3v) is 12.4. The molecule has 0 amide bonds. The summed E-state index contributed by atoms with van der Waals surface area (Å²) in [5.74, 6) is -1.77. The second-order valence-corrected chi connectivity index (χ2v) is 19.1. The summed E-state index contributed by atoms with van der Waals surface area (Å²) in [6, 6.07) is -1.47. The van der Waals surface area contributed by atoms with Gasteiger partial charge in [-0.05, 0) is 64.2 Å². The summed E-state index contributed by atoms with van der Waals surface area (Å²) in [4.78, 5) is 33.7. The Kier molecular flexibility index (Phi) is 46.2. The highest BCUT2D eigenvalue weighted by molar-refractivity contribution is 7.47. The monoisotopic (exact) mass is 900 g/mol. The van der Waals surface area contributed by atoms with Gasteiger partial charge in [0.25, 0.3) is 0 Å². The van der Waals surface area contributed by atoms with Crippen molar-refractivity contribution in [3.63, 3.8) is 0 Å². The number of phosphoric ester groups is 1. The van der Waals surface area contributed by atoms with Crippen molar-refractivity contribution in [2.45, 2.75) is 264 Å². The summed E-state index contributed by atoms with van der Waals surface area (Å²) >= 11 is 0. The lowest BCUT2D eigenvalue weighted by Crippen LogP contribution is -2.34. The van der Waals surface area contributed by atoms with Gasteiger partial charge in [-0.25, -0.2) is 4.57 Å². The molecule has 0 heterocycles. The molecule has 0 rings (SSSR count). The average Bonchev–Trinajstić information content (AvgIpc) is 3.25. The van der Waals surface area contributed by atoms with Crippen LogP contribution in [0.1, 0.15) is 251 Å². The van der Waals surface area contributed by atoms with Crippen LogP contribution in [0.3, 0.4) is 0 Å². The van der Waals surface area contributed by atoms with Crippen molar-refractivity contribution in [2.24, 2.45) is 5.73 Å². The number of hydrogen-bond acceptors (Lipinski definition) is 8. The van der Waals surface area contributed by atoms with E-state index in [-0.39, 0.29) is 13.0 Å². The van der Waals surface area contributed by atoms with Gasteiger partial charge in [-0.2, -0.15) is 0 Å². The third kappa shape index (κ3) is 46.4. The van der Waals surface area contributed by atoms with E-state index in [1.807, 2.05) is 0 Å². The van der Waals surface area contributed by atoms with Crippen LogP contribution >= 0.6 is 7.82 Å². The van der Waals surface area contributed by atoms with Gasteiger partial charge in [-0.3, -0.25) is 18.6 Å². The number of nitrogens with two attached hydrogens (primary N) is 1. The van der Waals surface area contributed by atoms with Crippen LogP contribution in [0.15, 0.2) is 24.3 Å². The fourth-order valence-corrected chi connectivity index (χ4v) is 8.20.